The molecule has 108 valence electrons. The molecule has 0 aliphatic carbocycles. The zero-order valence-electron chi connectivity index (χ0n) is 11.2. The van der Waals surface area contributed by atoms with E-state index in [2.05, 4.69) is 15.4 Å². The molecule has 0 spiro atoms. The third-order valence-corrected chi connectivity index (χ3v) is 4.24. The molecule has 0 aliphatic heterocycles. The van der Waals surface area contributed by atoms with Crippen LogP contribution in [0.1, 0.15) is 0 Å². The number of hydrogen-bond donors (Lipinski definition) is 1. The Morgan fingerprint density at radius 1 is 1.14 bits per heavy atom. The maximum absolute atomic E-state index is 12.5. The average Bonchev–Trinajstić information content (AvgIpc) is 2.91. The Balaban J connectivity index is 1.88. The molecular formula is C15H9ClN4OS. The van der Waals surface area contributed by atoms with Crippen LogP contribution in [-0.2, 0) is 0 Å². The summed E-state index contributed by atoms with van der Waals surface area (Å²) in [6.07, 6.45) is 0. The van der Waals surface area contributed by atoms with Crippen molar-refractivity contribution in [3.63, 3.8) is 0 Å². The van der Waals surface area contributed by atoms with Crippen molar-refractivity contribution in [2.45, 2.75) is 0 Å². The molecule has 0 fully saturated rings. The summed E-state index contributed by atoms with van der Waals surface area (Å²) < 4.78 is 1.31. The van der Waals surface area contributed by atoms with Crippen molar-refractivity contribution in [3.8, 4) is 0 Å². The number of fused-ring (bicyclic) bond motifs is 2. The van der Waals surface area contributed by atoms with Gasteiger partial charge in [-0.25, -0.2) is 4.98 Å². The second-order valence-corrected chi connectivity index (χ2v) is 6.06. The van der Waals surface area contributed by atoms with E-state index >= 15 is 0 Å². The average molecular weight is 329 g/mol. The monoisotopic (exact) mass is 328 g/mol. The van der Waals surface area contributed by atoms with Crippen molar-refractivity contribution in [1.29, 1.82) is 0 Å². The number of para-hydroxylation sites is 1. The van der Waals surface area contributed by atoms with E-state index < -0.39 is 0 Å². The Kier molecular flexibility index (Phi) is 3.06. The molecule has 7 heteroatoms. The minimum absolute atomic E-state index is 0.200. The molecule has 0 saturated heterocycles. The molecule has 22 heavy (non-hydrogen) atoms. The summed E-state index contributed by atoms with van der Waals surface area (Å²) in [6, 6.07) is 14.7. The summed E-state index contributed by atoms with van der Waals surface area (Å²) in [5.74, 6) is 0. The van der Waals surface area contributed by atoms with E-state index in [1.807, 2.05) is 30.3 Å². The molecule has 0 unspecified atom stereocenters. The van der Waals surface area contributed by atoms with Crippen LogP contribution < -0.4 is 10.9 Å². The van der Waals surface area contributed by atoms with Crippen molar-refractivity contribution in [2.75, 3.05) is 5.32 Å². The lowest BCUT2D eigenvalue weighted by Crippen LogP contribution is -2.15. The van der Waals surface area contributed by atoms with E-state index in [1.165, 1.54) is 15.9 Å². The third-order valence-electron chi connectivity index (χ3n) is 3.18. The first kappa shape index (κ1) is 13.2. The van der Waals surface area contributed by atoms with Crippen molar-refractivity contribution < 1.29 is 0 Å². The maximum atomic E-state index is 12.5. The van der Waals surface area contributed by atoms with Crippen LogP contribution in [0.3, 0.4) is 0 Å². The van der Waals surface area contributed by atoms with Gasteiger partial charge in [0.05, 0.1) is 10.9 Å². The molecule has 4 aromatic rings. The summed E-state index contributed by atoms with van der Waals surface area (Å²) in [6.45, 7) is 0. The number of benzene rings is 2. The van der Waals surface area contributed by atoms with E-state index in [9.17, 15) is 4.79 Å². The van der Waals surface area contributed by atoms with E-state index in [4.69, 9.17) is 11.6 Å². The Labute approximate surface area is 133 Å². The fourth-order valence-electron chi connectivity index (χ4n) is 2.18. The van der Waals surface area contributed by atoms with Crippen LogP contribution in [0.5, 0.6) is 0 Å². The largest absolute Gasteiger partial charge is 0.330 e. The third kappa shape index (κ3) is 2.22. The number of aromatic nitrogens is 3. The van der Waals surface area contributed by atoms with E-state index in [-0.39, 0.29) is 5.56 Å². The van der Waals surface area contributed by atoms with Gasteiger partial charge >= 0.3 is 0 Å². The second kappa shape index (κ2) is 5.08. The first-order chi connectivity index (χ1) is 10.7. The Morgan fingerprint density at radius 2 is 1.95 bits per heavy atom. The van der Waals surface area contributed by atoms with Crippen molar-refractivity contribution in [2.24, 2.45) is 0 Å². The number of rotatable bonds is 2. The molecule has 1 N–H and O–H groups in total. The highest BCUT2D eigenvalue weighted by atomic mass is 35.5. The topological polar surface area (TPSA) is 59.3 Å². The van der Waals surface area contributed by atoms with Crippen molar-refractivity contribution >= 4 is 49.6 Å². The predicted molar refractivity (Wildman–Crippen MR) is 89.4 cm³/mol. The lowest BCUT2D eigenvalue weighted by molar-refractivity contribution is 0.919. The zero-order chi connectivity index (χ0) is 15.1. The molecule has 0 bridgehead atoms. The van der Waals surface area contributed by atoms with Gasteiger partial charge in [-0.2, -0.15) is 4.52 Å². The quantitative estimate of drug-likeness (QED) is 0.609. The van der Waals surface area contributed by atoms with Gasteiger partial charge in [0.2, 0.25) is 10.1 Å². The first-order valence-electron chi connectivity index (χ1n) is 6.52. The molecule has 4 rings (SSSR count). The molecule has 0 radical (unpaired) electrons. The summed E-state index contributed by atoms with van der Waals surface area (Å²) in [7, 11) is 0. The van der Waals surface area contributed by atoms with Gasteiger partial charge in [-0.15, -0.1) is 5.10 Å². The molecule has 0 saturated carbocycles. The van der Waals surface area contributed by atoms with Gasteiger partial charge < -0.3 is 5.32 Å². The SMILES string of the molecule is O=c1c2ccc(Cl)cc2nc2sc(Nc3ccccc3)nn12. The standard InChI is InChI=1S/C15H9ClN4OS/c16-9-6-7-11-12(8-9)18-15-20(13(11)21)19-14(22-15)17-10-4-2-1-3-5-10/h1-8H,(H,17,19). The van der Waals surface area contributed by atoms with Crippen LogP contribution in [0.2, 0.25) is 5.02 Å². The number of hydrogen-bond acceptors (Lipinski definition) is 5. The van der Waals surface area contributed by atoms with Gasteiger partial charge in [0.15, 0.2) is 0 Å². The molecule has 5 nitrogen and oxygen atoms in total. The Hall–Kier alpha value is -2.44. The van der Waals surface area contributed by atoms with Gasteiger partial charge in [-0.3, -0.25) is 4.79 Å². The Morgan fingerprint density at radius 3 is 2.77 bits per heavy atom. The van der Waals surface area contributed by atoms with Gasteiger partial charge in [-0.1, -0.05) is 41.1 Å². The van der Waals surface area contributed by atoms with Gasteiger partial charge in [0.1, 0.15) is 0 Å². The van der Waals surface area contributed by atoms with Gasteiger partial charge in [0, 0.05) is 10.7 Å². The van der Waals surface area contributed by atoms with Crippen LogP contribution in [0.25, 0.3) is 15.9 Å². The van der Waals surface area contributed by atoms with Crippen LogP contribution in [0.15, 0.2) is 53.3 Å². The molecule has 0 aliphatic rings. The van der Waals surface area contributed by atoms with Crippen molar-refractivity contribution in [1.82, 2.24) is 14.6 Å². The molecule has 2 aromatic heterocycles. The van der Waals surface area contributed by atoms with Crippen molar-refractivity contribution in [3.05, 3.63) is 63.9 Å². The zero-order valence-corrected chi connectivity index (χ0v) is 12.7. The lowest BCUT2D eigenvalue weighted by Gasteiger charge is -1.99. The number of nitrogens with one attached hydrogen (secondary N) is 1. The predicted octanol–water partition coefficient (Wildman–Crippen LogP) is 3.70. The molecule has 0 amide bonds. The summed E-state index contributed by atoms with van der Waals surface area (Å²) in [4.78, 5) is 17.4. The van der Waals surface area contributed by atoms with E-state index in [1.54, 1.807) is 18.2 Å². The highest BCUT2D eigenvalue weighted by Gasteiger charge is 2.11. The highest BCUT2D eigenvalue weighted by Crippen LogP contribution is 2.23. The number of anilines is 2. The number of nitrogens with zero attached hydrogens (tertiary/aromatic N) is 3. The minimum atomic E-state index is -0.200. The van der Waals surface area contributed by atoms with Gasteiger partial charge in [0.25, 0.3) is 5.56 Å². The van der Waals surface area contributed by atoms with Crippen LogP contribution in [0, 0.1) is 0 Å². The molecule has 0 atom stereocenters. The first-order valence-corrected chi connectivity index (χ1v) is 7.71. The lowest BCUT2D eigenvalue weighted by atomic mass is 10.2. The fourth-order valence-corrected chi connectivity index (χ4v) is 3.16. The summed E-state index contributed by atoms with van der Waals surface area (Å²) in [5.41, 5.74) is 1.28. The van der Waals surface area contributed by atoms with Gasteiger partial charge in [-0.05, 0) is 30.3 Å². The van der Waals surface area contributed by atoms with Crippen LogP contribution in [-0.4, -0.2) is 14.6 Å². The molecule has 2 heterocycles. The normalized spacial score (nSPS) is 11.1. The van der Waals surface area contributed by atoms with E-state index in [0.29, 0.717) is 26.0 Å². The fraction of sp³-hybridized carbons (Fsp3) is 0. The number of halogens is 1. The second-order valence-electron chi connectivity index (χ2n) is 4.67. The maximum Gasteiger partial charge on any atom is 0.283 e. The Bertz CT molecular complexity index is 1040. The smallest absolute Gasteiger partial charge is 0.283 e. The van der Waals surface area contributed by atoms with Crippen LogP contribution >= 0.6 is 22.9 Å². The summed E-state index contributed by atoms with van der Waals surface area (Å²) in [5, 5.41) is 9.12. The van der Waals surface area contributed by atoms with Crippen LogP contribution in [0.4, 0.5) is 10.8 Å². The minimum Gasteiger partial charge on any atom is -0.330 e. The molecule has 2 aromatic carbocycles. The highest BCUT2D eigenvalue weighted by molar-refractivity contribution is 7.20. The molecular weight excluding hydrogens is 320 g/mol. The summed E-state index contributed by atoms with van der Waals surface area (Å²) >= 11 is 7.27. The van der Waals surface area contributed by atoms with E-state index in [0.717, 1.165) is 5.69 Å².